The maximum Gasteiger partial charge on any atom is 0.191 e. The van der Waals surface area contributed by atoms with Crippen LogP contribution in [0, 0.1) is 0 Å². The van der Waals surface area contributed by atoms with Crippen molar-refractivity contribution in [2.75, 3.05) is 32.0 Å². The van der Waals surface area contributed by atoms with Gasteiger partial charge in [0.2, 0.25) is 0 Å². The zero-order valence-electron chi connectivity index (χ0n) is 13.1. The second-order valence-electron chi connectivity index (χ2n) is 4.99. The molecular weight excluding hydrogens is 274 g/mol. The molecule has 0 fully saturated rings. The Morgan fingerprint density at radius 1 is 0.955 bits per heavy atom. The van der Waals surface area contributed by atoms with Crippen LogP contribution in [0.1, 0.15) is 6.42 Å². The second kappa shape index (κ2) is 9.50. The van der Waals surface area contributed by atoms with Crippen LogP contribution < -0.4 is 16.0 Å². The van der Waals surface area contributed by atoms with E-state index in [0.29, 0.717) is 0 Å². The Labute approximate surface area is 132 Å². The number of nitrogens with zero attached hydrogens (tertiary/aromatic N) is 2. The van der Waals surface area contributed by atoms with E-state index >= 15 is 0 Å². The van der Waals surface area contributed by atoms with Crippen molar-refractivity contribution < 1.29 is 0 Å². The fraction of sp³-hybridized carbons (Fsp3) is 0.353. The van der Waals surface area contributed by atoms with Gasteiger partial charge in [-0.2, -0.15) is 0 Å². The molecule has 1 aromatic heterocycles. The third-order valence-electron chi connectivity index (χ3n) is 3.30. The summed E-state index contributed by atoms with van der Waals surface area (Å²) in [6, 6.07) is 14.3. The molecule has 118 valence electrons. The van der Waals surface area contributed by atoms with Gasteiger partial charge >= 0.3 is 0 Å². The Balaban J connectivity index is 1.54. The minimum atomic E-state index is 0.854. The topological polar surface area (TPSA) is 53.4 Å². The standard InChI is InChI=1S/C17H25N5/c1-18-17(21-12-15-22-13-5-6-14-22)20-11-7-10-19-16-8-3-2-4-9-16/h2-6,8-9,13-14,19H,7,10-12,15H2,1H3,(H2,18,20,21). The van der Waals surface area contributed by atoms with E-state index in [-0.39, 0.29) is 0 Å². The summed E-state index contributed by atoms with van der Waals surface area (Å²) in [5.74, 6) is 0.854. The normalized spacial score (nSPS) is 11.2. The quantitative estimate of drug-likeness (QED) is 0.398. The van der Waals surface area contributed by atoms with Gasteiger partial charge in [0.05, 0.1) is 0 Å². The first-order valence-electron chi connectivity index (χ1n) is 7.72. The highest BCUT2D eigenvalue weighted by molar-refractivity contribution is 5.79. The Bertz CT molecular complexity index is 533. The van der Waals surface area contributed by atoms with Crippen LogP contribution in [0.3, 0.4) is 0 Å². The third-order valence-corrected chi connectivity index (χ3v) is 3.30. The van der Waals surface area contributed by atoms with Crippen molar-refractivity contribution in [2.45, 2.75) is 13.0 Å². The van der Waals surface area contributed by atoms with Crippen LogP contribution in [0.2, 0.25) is 0 Å². The average molecular weight is 299 g/mol. The van der Waals surface area contributed by atoms with Gasteiger partial charge in [-0.25, -0.2) is 0 Å². The van der Waals surface area contributed by atoms with Crippen LogP contribution in [-0.2, 0) is 6.54 Å². The van der Waals surface area contributed by atoms with E-state index in [0.717, 1.165) is 44.2 Å². The number of para-hydroxylation sites is 1. The molecule has 5 heteroatoms. The van der Waals surface area contributed by atoms with E-state index in [1.54, 1.807) is 7.05 Å². The van der Waals surface area contributed by atoms with E-state index < -0.39 is 0 Å². The zero-order chi connectivity index (χ0) is 15.5. The van der Waals surface area contributed by atoms with Gasteiger partial charge in [-0.3, -0.25) is 4.99 Å². The van der Waals surface area contributed by atoms with E-state index in [2.05, 4.69) is 50.0 Å². The summed E-state index contributed by atoms with van der Waals surface area (Å²) >= 11 is 0. The van der Waals surface area contributed by atoms with E-state index in [1.165, 1.54) is 0 Å². The van der Waals surface area contributed by atoms with Crippen LogP contribution in [0.25, 0.3) is 0 Å². The summed E-state index contributed by atoms with van der Waals surface area (Å²) < 4.78 is 2.14. The maximum absolute atomic E-state index is 4.23. The van der Waals surface area contributed by atoms with Gasteiger partial charge in [0.1, 0.15) is 0 Å². The minimum Gasteiger partial charge on any atom is -0.385 e. The van der Waals surface area contributed by atoms with Gasteiger partial charge in [-0.1, -0.05) is 18.2 Å². The Morgan fingerprint density at radius 3 is 2.41 bits per heavy atom. The van der Waals surface area contributed by atoms with Crippen molar-refractivity contribution in [3.05, 3.63) is 54.9 Å². The summed E-state index contributed by atoms with van der Waals surface area (Å²) in [5.41, 5.74) is 1.16. The Hall–Kier alpha value is -2.43. The lowest BCUT2D eigenvalue weighted by Crippen LogP contribution is -2.39. The molecule has 2 aromatic rings. The molecule has 0 saturated carbocycles. The number of nitrogens with one attached hydrogen (secondary N) is 3. The fourth-order valence-corrected chi connectivity index (χ4v) is 2.13. The smallest absolute Gasteiger partial charge is 0.191 e. The molecule has 2 rings (SSSR count). The average Bonchev–Trinajstić information content (AvgIpc) is 3.07. The SMILES string of the molecule is CN=C(NCCCNc1ccccc1)NCCn1cccc1. The molecule has 0 aliphatic rings. The first-order chi connectivity index (χ1) is 10.9. The summed E-state index contributed by atoms with van der Waals surface area (Å²) in [6.45, 7) is 3.63. The molecule has 0 aliphatic carbocycles. The van der Waals surface area contributed by atoms with Crippen LogP contribution >= 0.6 is 0 Å². The third kappa shape index (κ3) is 5.91. The molecule has 0 saturated heterocycles. The number of hydrogen-bond acceptors (Lipinski definition) is 2. The molecule has 0 atom stereocenters. The van der Waals surface area contributed by atoms with Gasteiger partial charge in [-0.15, -0.1) is 0 Å². The van der Waals surface area contributed by atoms with Crippen molar-refractivity contribution in [3.63, 3.8) is 0 Å². The molecule has 0 amide bonds. The first kappa shape index (κ1) is 15.9. The van der Waals surface area contributed by atoms with Crippen molar-refractivity contribution in [3.8, 4) is 0 Å². The monoisotopic (exact) mass is 299 g/mol. The summed E-state index contributed by atoms with van der Waals surface area (Å²) in [7, 11) is 1.80. The highest BCUT2D eigenvalue weighted by atomic mass is 15.2. The lowest BCUT2D eigenvalue weighted by atomic mass is 10.3. The molecular formula is C17H25N5. The molecule has 1 heterocycles. The first-order valence-corrected chi connectivity index (χ1v) is 7.72. The molecule has 0 unspecified atom stereocenters. The minimum absolute atomic E-state index is 0.854. The molecule has 0 spiro atoms. The van der Waals surface area contributed by atoms with Gasteiger partial charge in [0.25, 0.3) is 0 Å². The van der Waals surface area contributed by atoms with Gasteiger partial charge in [-0.05, 0) is 30.7 Å². The molecule has 0 aliphatic heterocycles. The number of anilines is 1. The largest absolute Gasteiger partial charge is 0.385 e. The van der Waals surface area contributed by atoms with E-state index in [1.807, 2.05) is 30.3 Å². The Kier molecular flexibility index (Phi) is 6.88. The van der Waals surface area contributed by atoms with E-state index in [4.69, 9.17) is 0 Å². The van der Waals surface area contributed by atoms with E-state index in [9.17, 15) is 0 Å². The maximum atomic E-state index is 4.23. The van der Waals surface area contributed by atoms with Crippen molar-refractivity contribution in [2.24, 2.45) is 4.99 Å². The Morgan fingerprint density at radius 2 is 1.68 bits per heavy atom. The molecule has 0 bridgehead atoms. The molecule has 5 nitrogen and oxygen atoms in total. The van der Waals surface area contributed by atoms with Crippen molar-refractivity contribution in [1.29, 1.82) is 0 Å². The molecule has 22 heavy (non-hydrogen) atoms. The number of aromatic nitrogens is 1. The zero-order valence-corrected chi connectivity index (χ0v) is 13.1. The number of benzene rings is 1. The van der Waals surface area contributed by atoms with Crippen molar-refractivity contribution in [1.82, 2.24) is 15.2 Å². The second-order valence-corrected chi connectivity index (χ2v) is 4.99. The lowest BCUT2D eigenvalue weighted by Gasteiger charge is -2.12. The highest BCUT2D eigenvalue weighted by Crippen LogP contribution is 2.03. The predicted octanol–water partition coefficient (Wildman–Crippen LogP) is 2.16. The number of hydrogen-bond donors (Lipinski definition) is 3. The van der Waals surface area contributed by atoms with Gasteiger partial charge in [0, 0.05) is 51.3 Å². The number of aliphatic imine (C=N–C) groups is 1. The number of guanidine groups is 1. The van der Waals surface area contributed by atoms with Gasteiger partial charge in [0.15, 0.2) is 5.96 Å². The van der Waals surface area contributed by atoms with Crippen molar-refractivity contribution >= 4 is 11.6 Å². The summed E-state index contributed by atoms with van der Waals surface area (Å²) in [4.78, 5) is 4.23. The molecule has 1 aromatic carbocycles. The number of rotatable bonds is 8. The van der Waals surface area contributed by atoms with Crippen LogP contribution in [-0.4, -0.2) is 37.2 Å². The highest BCUT2D eigenvalue weighted by Gasteiger charge is 1.97. The van der Waals surface area contributed by atoms with Crippen LogP contribution in [0.5, 0.6) is 0 Å². The van der Waals surface area contributed by atoms with Crippen LogP contribution in [0.4, 0.5) is 5.69 Å². The van der Waals surface area contributed by atoms with Gasteiger partial charge < -0.3 is 20.5 Å². The molecule has 3 N–H and O–H groups in total. The van der Waals surface area contributed by atoms with Crippen LogP contribution in [0.15, 0.2) is 59.9 Å². The summed E-state index contributed by atoms with van der Waals surface area (Å²) in [6.07, 6.45) is 5.16. The molecule has 0 radical (unpaired) electrons. The fourth-order valence-electron chi connectivity index (χ4n) is 2.13. The lowest BCUT2D eigenvalue weighted by molar-refractivity contribution is 0.663. The predicted molar refractivity (Wildman–Crippen MR) is 93.3 cm³/mol. The summed E-state index contributed by atoms with van der Waals surface area (Å²) in [5, 5.41) is 10.0.